The average Bonchev–Trinajstić information content (AvgIpc) is 2.22. The van der Waals surface area contributed by atoms with Crippen LogP contribution < -0.4 is 0 Å². The lowest BCUT2D eigenvalue weighted by atomic mass is 9.93. The molecule has 14 heavy (non-hydrogen) atoms. The SMILES string of the molecule is [CH2]CCCC(CC)CCCCCCC. The highest BCUT2D eigenvalue weighted by Gasteiger charge is 2.04. The zero-order chi connectivity index (χ0) is 10.6. The molecule has 1 unspecified atom stereocenters. The molecule has 85 valence electrons. The summed E-state index contributed by atoms with van der Waals surface area (Å²) >= 11 is 0. The summed E-state index contributed by atoms with van der Waals surface area (Å²) in [6.45, 7) is 8.53. The van der Waals surface area contributed by atoms with E-state index in [0.29, 0.717) is 0 Å². The van der Waals surface area contributed by atoms with Crippen molar-refractivity contribution in [3.05, 3.63) is 6.92 Å². The van der Waals surface area contributed by atoms with Crippen molar-refractivity contribution in [3.8, 4) is 0 Å². The van der Waals surface area contributed by atoms with Gasteiger partial charge in [-0.25, -0.2) is 0 Å². The van der Waals surface area contributed by atoms with Crippen LogP contribution in [-0.4, -0.2) is 0 Å². The Morgan fingerprint density at radius 1 is 0.857 bits per heavy atom. The van der Waals surface area contributed by atoms with Crippen molar-refractivity contribution >= 4 is 0 Å². The molecule has 0 aliphatic carbocycles. The first-order valence-corrected chi connectivity index (χ1v) is 6.64. The Kier molecular flexibility index (Phi) is 11.1. The van der Waals surface area contributed by atoms with Gasteiger partial charge in [0.2, 0.25) is 0 Å². The average molecular weight is 197 g/mol. The molecule has 0 nitrogen and oxygen atoms in total. The van der Waals surface area contributed by atoms with Gasteiger partial charge in [-0.15, -0.1) is 0 Å². The van der Waals surface area contributed by atoms with Crippen molar-refractivity contribution in [2.45, 2.75) is 78.1 Å². The Hall–Kier alpha value is 0. The molecule has 0 heterocycles. The molecule has 0 bridgehead atoms. The quantitative estimate of drug-likeness (QED) is 0.413. The molecule has 0 heteroatoms. The van der Waals surface area contributed by atoms with Crippen molar-refractivity contribution in [3.63, 3.8) is 0 Å². The fourth-order valence-corrected chi connectivity index (χ4v) is 2.02. The van der Waals surface area contributed by atoms with E-state index in [1.807, 2.05) is 0 Å². The molecule has 0 N–H and O–H groups in total. The molecule has 0 fully saturated rings. The molecule has 0 aliphatic heterocycles. The zero-order valence-electron chi connectivity index (χ0n) is 10.4. The van der Waals surface area contributed by atoms with Gasteiger partial charge in [0.25, 0.3) is 0 Å². The van der Waals surface area contributed by atoms with Crippen LogP contribution in [-0.2, 0) is 0 Å². The van der Waals surface area contributed by atoms with Crippen molar-refractivity contribution in [1.29, 1.82) is 0 Å². The Balaban J connectivity index is 3.24. The van der Waals surface area contributed by atoms with Crippen LogP contribution in [0.25, 0.3) is 0 Å². The van der Waals surface area contributed by atoms with Gasteiger partial charge in [0.15, 0.2) is 0 Å². The van der Waals surface area contributed by atoms with E-state index in [2.05, 4.69) is 20.8 Å². The molecule has 1 radical (unpaired) electrons. The number of unbranched alkanes of at least 4 members (excludes halogenated alkanes) is 5. The Morgan fingerprint density at radius 3 is 2.07 bits per heavy atom. The van der Waals surface area contributed by atoms with Gasteiger partial charge in [-0.2, -0.15) is 0 Å². The molecule has 0 rings (SSSR count). The minimum atomic E-state index is 0.985. The van der Waals surface area contributed by atoms with Crippen LogP contribution in [0.4, 0.5) is 0 Å². The summed E-state index contributed by atoms with van der Waals surface area (Å²) in [7, 11) is 0. The van der Waals surface area contributed by atoms with Crippen LogP contribution in [0.15, 0.2) is 0 Å². The first kappa shape index (κ1) is 14.0. The monoisotopic (exact) mass is 197 g/mol. The molecule has 0 spiro atoms. The second kappa shape index (κ2) is 11.1. The maximum absolute atomic E-state index is 3.91. The van der Waals surface area contributed by atoms with Gasteiger partial charge in [0.05, 0.1) is 0 Å². The lowest BCUT2D eigenvalue weighted by molar-refractivity contribution is 0.403. The van der Waals surface area contributed by atoms with E-state index < -0.39 is 0 Å². The maximum Gasteiger partial charge on any atom is -0.0417 e. The zero-order valence-corrected chi connectivity index (χ0v) is 10.4. The summed E-state index contributed by atoms with van der Waals surface area (Å²) in [5.41, 5.74) is 0. The van der Waals surface area contributed by atoms with Crippen LogP contribution in [0.3, 0.4) is 0 Å². The number of rotatable bonds is 10. The first-order chi connectivity index (χ1) is 6.85. The predicted octanol–water partition coefficient (Wildman–Crippen LogP) is 5.38. The molecule has 0 aromatic carbocycles. The van der Waals surface area contributed by atoms with Crippen LogP contribution in [0, 0.1) is 12.8 Å². The van der Waals surface area contributed by atoms with Gasteiger partial charge in [-0.05, 0) is 5.92 Å². The van der Waals surface area contributed by atoms with E-state index >= 15 is 0 Å². The van der Waals surface area contributed by atoms with E-state index in [0.717, 1.165) is 12.3 Å². The van der Waals surface area contributed by atoms with E-state index in [9.17, 15) is 0 Å². The minimum Gasteiger partial charge on any atom is -0.0654 e. The molecule has 1 atom stereocenters. The normalized spacial score (nSPS) is 13.1. The van der Waals surface area contributed by atoms with Crippen molar-refractivity contribution < 1.29 is 0 Å². The molecule has 0 aromatic rings. The Morgan fingerprint density at radius 2 is 1.50 bits per heavy atom. The fourth-order valence-electron chi connectivity index (χ4n) is 2.02. The van der Waals surface area contributed by atoms with E-state index in [-0.39, 0.29) is 0 Å². The summed E-state index contributed by atoms with van der Waals surface area (Å²) < 4.78 is 0. The highest BCUT2D eigenvalue weighted by Crippen LogP contribution is 2.20. The Bertz CT molecular complexity index is 96.2. The third-order valence-corrected chi connectivity index (χ3v) is 3.16. The van der Waals surface area contributed by atoms with Gasteiger partial charge in [0, 0.05) is 0 Å². The Labute approximate surface area is 91.5 Å². The van der Waals surface area contributed by atoms with Gasteiger partial charge >= 0.3 is 0 Å². The molecule has 0 aliphatic rings. The molecular weight excluding hydrogens is 168 g/mol. The predicted molar refractivity (Wildman–Crippen MR) is 66.4 cm³/mol. The number of hydrogen-bond acceptors (Lipinski definition) is 0. The maximum atomic E-state index is 3.91. The van der Waals surface area contributed by atoms with Crippen molar-refractivity contribution in [1.82, 2.24) is 0 Å². The van der Waals surface area contributed by atoms with Crippen LogP contribution >= 0.6 is 0 Å². The summed E-state index contributed by atoms with van der Waals surface area (Å²) in [5, 5.41) is 0. The van der Waals surface area contributed by atoms with Crippen LogP contribution in [0.2, 0.25) is 0 Å². The summed E-state index contributed by atoms with van der Waals surface area (Å²) in [6.07, 6.45) is 13.8. The van der Waals surface area contributed by atoms with Crippen LogP contribution in [0.5, 0.6) is 0 Å². The molecule has 0 saturated heterocycles. The standard InChI is InChI=1S/C14H29/c1-4-7-9-10-11-13-14(6-3)12-8-5-2/h14H,2,4-13H2,1,3H3. The first-order valence-electron chi connectivity index (χ1n) is 6.64. The van der Waals surface area contributed by atoms with Gasteiger partial charge in [0.1, 0.15) is 0 Å². The second-order valence-corrected chi connectivity index (χ2v) is 4.47. The summed E-state index contributed by atoms with van der Waals surface area (Å²) in [4.78, 5) is 0. The highest BCUT2D eigenvalue weighted by atomic mass is 14.1. The number of hydrogen-bond donors (Lipinski definition) is 0. The third kappa shape index (κ3) is 8.59. The third-order valence-electron chi connectivity index (χ3n) is 3.16. The van der Waals surface area contributed by atoms with Crippen molar-refractivity contribution in [2.24, 2.45) is 5.92 Å². The van der Waals surface area contributed by atoms with E-state index in [1.54, 1.807) is 0 Å². The lowest BCUT2D eigenvalue weighted by Crippen LogP contribution is -1.98. The summed E-state index contributed by atoms with van der Waals surface area (Å²) in [5.74, 6) is 0.985. The second-order valence-electron chi connectivity index (χ2n) is 4.47. The molecule has 0 amide bonds. The van der Waals surface area contributed by atoms with Crippen molar-refractivity contribution in [2.75, 3.05) is 0 Å². The molecule has 0 aromatic heterocycles. The smallest absolute Gasteiger partial charge is 0.0417 e. The fraction of sp³-hybridized carbons (Fsp3) is 0.929. The largest absolute Gasteiger partial charge is 0.0654 e. The topological polar surface area (TPSA) is 0 Å². The van der Waals surface area contributed by atoms with Gasteiger partial charge in [-0.3, -0.25) is 0 Å². The molecule has 0 saturated carbocycles. The van der Waals surface area contributed by atoms with Crippen LogP contribution in [0.1, 0.15) is 78.1 Å². The van der Waals surface area contributed by atoms with E-state index in [1.165, 1.54) is 57.8 Å². The summed E-state index contributed by atoms with van der Waals surface area (Å²) in [6, 6.07) is 0. The van der Waals surface area contributed by atoms with Gasteiger partial charge < -0.3 is 0 Å². The lowest BCUT2D eigenvalue weighted by Gasteiger charge is -2.13. The van der Waals surface area contributed by atoms with Gasteiger partial charge in [-0.1, -0.05) is 85.0 Å². The van der Waals surface area contributed by atoms with E-state index in [4.69, 9.17) is 0 Å². The molecular formula is C14H29. The minimum absolute atomic E-state index is 0.985. The highest BCUT2D eigenvalue weighted by molar-refractivity contribution is 4.58.